The summed E-state index contributed by atoms with van der Waals surface area (Å²) in [6.07, 6.45) is 0. The maximum Gasteiger partial charge on any atom is 0.341 e. The highest BCUT2D eigenvalue weighted by atomic mass is 79.9. The molecular formula is C22H19BrClNO4S. The molecule has 1 N–H and O–H groups in total. The number of benzene rings is 2. The third-order valence-corrected chi connectivity index (χ3v) is 6.14. The number of rotatable bonds is 6. The fraction of sp³-hybridized carbons (Fsp3) is 0.182. The Balaban J connectivity index is 1.84. The van der Waals surface area contributed by atoms with Crippen LogP contribution in [0.5, 0.6) is 5.75 Å². The van der Waals surface area contributed by atoms with E-state index >= 15 is 0 Å². The minimum atomic E-state index is -0.512. The number of methoxy groups -OCH3 is 1. The molecule has 3 aromatic rings. The average molecular weight is 509 g/mol. The number of nitrogens with one attached hydrogen (secondary N) is 1. The van der Waals surface area contributed by atoms with E-state index in [-0.39, 0.29) is 12.5 Å². The van der Waals surface area contributed by atoms with Crippen LogP contribution in [0.2, 0.25) is 5.02 Å². The molecule has 30 heavy (non-hydrogen) atoms. The zero-order chi connectivity index (χ0) is 21.8. The van der Waals surface area contributed by atoms with Crippen LogP contribution in [0.15, 0.2) is 46.9 Å². The normalized spacial score (nSPS) is 10.6. The van der Waals surface area contributed by atoms with E-state index < -0.39 is 5.97 Å². The average Bonchev–Trinajstić information content (AvgIpc) is 3.03. The van der Waals surface area contributed by atoms with Crippen molar-refractivity contribution in [2.75, 3.05) is 19.0 Å². The van der Waals surface area contributed by atoms with Crippen LogP contribution in [0.3, 0.4) is 0 Å². The van der Waals surface area contributed by atoms with Crippen LogP contribution < -0.4 is 10.1 Å². The molecular weight excluding hydrogens is 490 g/mol. The molecule has 0 saturated heterocycles. The maximum atomic E-state index is 12.5. The first kappa shape index (κ1) is 22.3. The lowest BCUT2D eigenvalue weighted by molar-refractivity contribution is -0.118. The lowest BCUT2D eigenvalue weighted by Gasteiger charge is -2.10. The minimum absolute atomic E-state index is 0.201. The topological polar surface area (TPSA) is 64.6 Å². The molecule has 0 radical (unpaired) electrons. The highest BCUT2D eigenvalue weighted by molar-refractivity contribution is 9.10. The van der Waals surface area contributed by atoms with Gasteiger partial charge in [-0.25, -0.2) is 4.79 Å². The molecule has 1 amide bonds. The number of aryl methyl sites for hydroxylation is 2. The third-order valence-electron chi connectivity index (χ3n) is 4.36. The highest BCUT2D eigenvalue weighted by Crippen LogP contribution is 2.40. The van der Waals surface area contributed by atoms with E-state index in [1.165, 1.54) is 18.4 Å². The van der Waals surface area contributed by atoms with E-state index in [9.17, 15) is 9.59 Å². The van der Waals surface area contributed by atoms with Crippen LogP contribution in [0.1, 0.15) is 20.8 Å². The Kier molecular flexibility index (Phi) is 7.18. The molecule has 0 aliphatic rings. The lowest BCUT2D eigenvalue weighted by Crippen LogP contribution is -2.21. The van der Waals surface area contributed by atoms with Gasteiger partial charge in [-0.1, -0.05) is 39.7 Å². The molecule has 0 fully saturated rings. The summed E-state index contributed by atoms with van der Waals surface area (Å²) < 4.78 is 11.5. The number of amides is 1. The van der Waals surface area contributed by atoms with E-state index in [1.807, 2.05) is 38.1 Å². The van der Waals surface area contributed by atoms with Gasteiger partial charge in [0.2, 0.25) is 0 Å². The molecule has 5 nitrogen and oxygen atoms in total. The second kappa shape index (κ2) is 9.64. The van der Waals surface area contributed by atoms with Crippen molar-refractivity contribution in [1.82, 2.24) is 0 Å². The van der Waals surface area contributed by atoms with Gasteiger partial charge >= 0.3 is 5.97 Å². The Morgan fingerprint density at radius 2 is 1.83 bits per heavy atom. The molecule has 0 atom stereocenters. The standard InChI is InChI=1S/C22H19BrClNO4S/c1-12-10-16(24)8-9-17(12)29-11-18(26)25-21-20(22(27)28-3)19(13(2)30-21)14-4-6-15(23)7-5-14/h4-10H,11H2,1-3H3,(H,25,26). The van der Waals surface area contributed by atoms with Crippen molar-refractivity contribution in [3.05, 3.63) is 68.0 Å². The van der Waals surface area contributed by atoms with Crippen LogP contribution in [0.4, 0.5) is 5.00 Å². The third kappa shape index (κ3) is 5.03. The van der Waals surface area contributed by atoms with Gasteiger partial charge in [-0.05, 0) is 55.3 Å². The summed E-state index contributed by atoms with van der Waals surface area (Å²) in [5.41, 5.74) is 2.76. The monoisotopic (exact) mass is 507 g/mol. The molecule has 8 heteroatoms. The van der Waals surface area contributed by atoms with Gasteiger partial charge in [0.25, 0.3) is 5.91 Å². The van der Waals surface area contributed by atoms with Crippen molar-refractivity contribution in [1.29, 1.82) is 0 Å². The quantitative estimate of drug-likeness (QED) is 0.400. The van der Waals surface area contributed by atoms with Crippen molar-refractivity contribution in [2.45, 2.75) is 13.8 Å². The van der Waals surface area contributed by atoms with Crippen LogP contribution in [-0.4, -0.2) is 25.6 Å². The van der Waals surface area contributed by atoms with Gasteiger partial charge in [0.05, 0.1) is 7.11 Å². The van der Waals surface area contributed by atoms with Crippen molar-refractivity contribution in [3.8, 4) is 16.9 Å². The first-order chi connectivity index (χ1) is 14.3. The molecule has 2 aromatic carbocycles. The Hall–Kier alpha value is -2.35. The van der Waals surface area contributed by atoms with E-state index in [1.54, 1.807) is 18.2 Å². The van der Waals surface area contributed by atoms with Gasteiger partial charge in [0, 0.05) is 19.9 Å². The summed E-state index contributed by atoms with van der Waals surface area (Å²) in [4.78, 5) is 25.9. The molecule has 156 valence electrons. The van der Waals surface area contributed by atoms with Gasteiger partial charge in [-0.15, -0.1) is 11.3 Å². The molecule has 0 spiro atoms. The van der Waals surface area contributed by atoms with Crippen LogP contribution >= 0.6 is 38.9 Å². The second-order valence-corrected chi connectivity index (χ2v) is 9.06. The number of thiophene rings is 1. The number of hydrogen-bond donors (Lipinski definition) is 1. The Morgan fingerprint density at radius 1 is 1.13 bits per heavy atom. The molecule has 3 rings (SSSR count). The lowest BCUT2D eigenvalue weighted by atomic mass is 10.0. The molecule has 0 unspecified atom stereocenters. The SMILES string of the molecule is COC(=O)c1c(NC(=O)COc2ccc(Cl)cc2C)sc(C)c1-c1ccc(Br)cc1. The first-order valence-corrected chi connectivity index (χ1v) is 11.0. The summed E-state index contributed by atoms with van der Waals surface area (Å²) in [7, 11) is 1.32. The van der Waals surface area contributed by atoms with Crippen molar-refractivity contribution < 1.29 is 19.1 Å². The molecule has 0 saturated carbocycles. The van der Waals surface area contributed by atoms with Crippen LogP contribution in [0.25, 0.3) is 11.1 Å². The van der Waals surface area contributed by atoms with E-state index in [0.29, 0.717) is 21.3 Å². The zero-order valence-corrected chi connectivity index (χ0v) is 19.7. The predicted octanol–water partition coefficient (Wildman–Crippen LogP) is 6.25. The number of carbonyl (C=O) groups excluding carboxylic acids is 2. The summed E-state index contributed by atoms with van der Waals surface area (Å²) >= 11 is 10.7. The fourth-order valence-electron chi connectivity index (χ4n) is 2.97. The van der Waals surface area contributed by atoms with Crippen molar-refractivity contribution in [3.63, 3.8) is 0 Å². The molecule has 0 bridgehead atoms. The molecule has 0 aliphatic carbocycles. The van der Waals surface area contributed by atoms with Gasteiger partial charge < -0.3 is 14.8 Å². The fourth-order valence-corrected chi connectivity index (χ4v) is 4.55. The summed E-state index contributed by atoms with van der Waals surface area (Å²) in [6.45, 7) is 3.55. The Bertz CT molecular complexity index is 1100. The van der Waals surface area contributed by atoms with Crippen molar-refractivity contribution >= 4 is 55.7 Å². The molecule has 1 heterocycles. The van der Waals surface area contributed by atoms with Gasteiger partial charge in [0.1, 0.15) is 16.3 Å². The number of halogens is 2. The molecule has 0 aliphatic heterocycles. The number of hydrogen-bond acceptors (Lipinski definition) is 5. The number of ether oxygens (including phenoxy) is 2. The van der Waals surface area contributed by atoms with Gasteiger partial charge in [-0.3, -0.25) is 4.79 Å². The zero-order valence-electron chi connectivity index (χ0n) is 16.5. The number of esters is 1. The van der Waals surface area contributed by atoms with Crippen LogP contribution in [0, 0.1) is 13.8 Å². The highest BCUT2D eigenvalue weighted by Gasteiger charge is 2.25. The van der Waals surface area contributed by atoms with Crippen molar-refractivity contribution in [2.24, 2.45) is 0 Å². The van der Waals surface area contributed by atoms with Gasteiger partial charge in [-0.2, -0.15) is 0 Å². The Morgan fingerprint density at radius 3 is 2.47 bits per heavy atom. The smallest absolute Gasteiger partial charge is 0.341 e. The largest absolute Gasteiger partial charge is 0.483 e. The first-order valence-electron chi connectivity index (χ1n) is 8.96. The maximum absolute atomic E-state index is 12.5. The number of carbonyl (C=O) groups is 2. The van der Waals surface area contributed by atoms with E-state index in [0.717, 1.165) is 26.0 Å². The number of anilines is 1. The minimum Gasteiger partial charge on any atom is -0.483 e. The van der Waals surface area contributed by atoms with Crippen LogP contribution in [-0.2, 0) is 9.53 Å². The molecule has 1 aromatic heterocycles. The summed E-state index contributed by atoms with van der Waals surface area (Å²) in [6, 6.07) is 12.8. The predicted molar refractivity (Wildman–Crippen MR) is 124 cm³/mol. The summed E-state index contributed by atoms with van der Waals surface area (Å²) in [5.74, 6) is -0.319. The van der Waals surface area contributed by atoms with Gasteiger partial charge in [0.15, 0.2) is 6.61 Å². The Labute approximate surface area is 192 Å². The summed E-state index contributed by atoms with van der Waals surface area (Å²) in [5, 5.41) is 3.82. The van der Waals surface area contributed by atoms with E-state index in [2.05, 4.69) is 21.2 Å². The second-order valence-electron chi connectivity index (χ2n) is 6.48. The van der Waals surface area contributed by atoms with E-state index in [4.69, 9.17) is 21.1 Å².